The zero-order valence-corrected chi connectivity index (χ0v) is 18.2. The van der Waals surface area contributed by atoms with Crippen LogP contribution in [-0.2, 0) is 16.0 Å². The molecule has 1 fully saturated rings. The van der Waals surface area contributed by atoms with Gasteiger partial charge < -0.3 is 20.1 Å². The molecular weight excluding hydrogens is 422 g/mol. The highest BCUT2D eigenvalue weighted by molar-refractivity contribution is 7.21. The van der Waals surface area contributed by atoms with E-state index in [-0.39, 0.29) is 37.5 Å². The molecule has 2 N–H and O–H groups in total. The number of nitrogens with zero attached hydrogens (tertiary/aromatic N) is 2. The van der Waals surface area contributed by atoms with Crippen molar-refractivity contribution in [3.8, 4) is 0 Å². The van der Waals surface area contributed by atoms with Gasteiger partial charge in [-0.3, -0.25) is 9.59 Å². The number of hydrogen-bond acceptors (Lipinski definition) is 7. The average Bonchev–Trinajstić information content (AvgIpc) is 3.35. The molecule has 0 spiro atoms. The van der Waals surface area contributed by atoms with Crippen LogP contribution in [0.3, 0.4) is 0 Å². The van der Waals surface area contributed by atoms with E-state index in [1.165, 1.54) is 22.7 Å². The van der Waals surface area contributed by atoms with E-state index in [1.807, 2.05) is 36.6 Å². The normalized spacial score (nSPS) is 16.7. The first-order valence-corrected chi connectivity index (χ1v) is 11.5. The van der Waals surface area contributed by atoms with E-state index in [4.69, 9.17) is 9.84 Å². The number of benzene rings is 1. The summed E-state index contributed by atoms with van der Waals surface area (Å²) in [4.78, 5) is 32.3. The van der Waals surface area contributed by atoms with Crippen molar-refractivity contribution < 1.29 is 19.4 Å². The quantitative estimate of drug-likeness (QED) is 0.608. The highest BCUT2D eigenvalue weighted by Gasteiger charge is 2.31. The Kier molecular flexibility index (Phi) is 6.43. The number of carbonyl (C=O) groups is 2. The molecule has 1 aromatic carbocycles. The lowest BCUT2D eigenvalue weighted by Gasteiger charge is -2.33. The minimum Gasteiger partial charge on any atom is -0.395 e. The van der Waals surface area contributed by atoms with E-state index < -0.39 is 0 Å². The lowest BCUT2D eigenvalue weighted by Crippen LogP contribution is -2.43. The van der Waals surface area contributed by atoms with Crippen LogP contribution in [0.4, 0.5) is 0 Å². The lowest BCUT2D eigenvalue weighted by atomic mass is 10.0. The molecule has 2 aromatic heterocycles. The molecule has 4 rings (SSSR count). The Morgan fingerprint density at radius 3 is 2.97 bits per heavy atom. The van der Waals surface area contributed by atoms with Crippen LogP contribution in [-0.4, -0.2) is 59.7 Å². The van der Waals surface area contributed by atoms with Crippen molar-refractivity contribution in [1.82, 2.24) is 15.2 Å². The molecule has 0 aliphatic carbocycles. The van der Waals surface area contributed by atoms with Crippen LogP contribution in [0.25, 0.3) is 10.1 Å². The van der Waals surface area contributed by atoms with Gasteiger partial charge in [-0.15, -0.1) is 22.7 Å². The summed E-state index contributed by atoms with van der Waals surface area (Å²) in [5.74, 6) is -0.218. The van der Waals surface area contributed by atoms with Gasteiger partial charge in [0.2, 0.25) is 5.91 Å². The molecule has 1 aliphatic rings. The summed E-state index contributed by atoms with van der Waals surface area (Å²) in [7, 11) is 0. The van der Waals surface area contributed by atoms with Crippen LogP contribution in [0.2, 0.25) is 0 Å². The van der Waals surface area contributed by atoms with E-state index in [0.717, 1.165) is 26.4 Å². The van der Waals surface area contributed by atoms with Crippen molar-refractivity contribution in [2.45, 2.75) is 19.4 Å². The molecule has 1 saturated heterocycles. The Labute approximate surface area is 182 Å². The molecule has 30 heavy (non-hydrogen) atoms. The van der Waals surface area contributed by atoms with Crippen LogP contribution in [0.15, 0.2) is 29.6 Å². The van der Waals surface area contributed by atoms with Crippen LogP contribution in [0.1, 0.15) is 32.0 Å². The lowest BCUT2D eigenvalue weighted by molar-refractivity contribution is -0.138. The number of fused-ring (bicyclic) bond motifs is 1. The Morgan fingerprint density at radius 2 is 2.20 bits per heavy atom. The Morgan fingerprint density at radius 1 is 1.37 bits per heavy atom. The number of amides is 2. The van der Waals surface area contributed by atoms with Crippen molar-refractivity contribution in [2.24, 2.45) is 0 Å². The number of thiophene rings is 1. The maximum atomic E-state index is 12.8. The van der Waals surface area contributed by atoms with Crippen LogP contribution >= 0.6 is 22.7 Å². The molecular formula is C21H23N3O4S2. The smallest absolute Gasteiger partial charge is 0.261 e. The molecule has 1 aliphatic heterocycles. The molecule has 158 valence electrons. The van der Waals surface area contributed by atoms with Gasteiger partial charge in [-0.2, -0.15) is 0 Å². The Balaban J connectivity index is 1.59. The van der Waals surface area contributed by atoms with E-state index in [9.17, 15) is 9.59 Å². The fraction of sp³-hybridized carbons (Fsp3) is 0.381. The largest absolute Gasteiger partial charge is 0.395 e. The highest BCUT2D eigenvalue weighted by Crippen LogP contribution is 2.38. The Hall–Kier alpha value is -2.33. The van der Waals surface area contributed by atoms with Crippen LogP contribution in [0.5, 0.6) is 0 Å². The van der Waals surface area contributed by atoms with Gasteiger partial charge in [0.25, 0.3) is 5.91 Å². The number of morpholine rings is 1. The first-order valence-electron chi connectivity index (χ1n) is 9.77. The maximum absolute atomic E-state index is 12.8. The highest BCUT2D eigenvalue weighted by atomic mass is 32.1. The fourth-order valence-electron chi connectivity index (χ4n) is 3.61. The first kappa shape index (κ1) is 20.9. The van der Waals surface area contributed by atoms with Crippen molar-refractivity contribution in [3.63, 3.8) is 0 Å². The second kappa shape index (κ2) is 9.22. The summed E-state index contributed by atoms with van der Waals surface area (Å²) in [6.45, 7) is 3.32. The SMILES string of the molecule is Cc1nc(CC(=O)N2CCOC(c3c(C(=O)NCCO)sc4ccccc34)C2)cs1. The van der Waals surface area contributed by atoms with Gasteiger partial charge in [0, 0.05) is 28.7 Å². The summed E-state index contributed by atoms with van der Waals surface area (Å²) >= 11 is 2.94. The van der Waals surface area contributed by atoms with E-state index in [2.05, 4.69) is 10.3 Å². The predicted octanol–water partition coefficient (Wildman–Crippen LogP) is 2.53. The van der Waals surface area contributed by atoms with E-state index >= 15 is 0 Å². The zero-order chi connectivity index (χ0) is 21.1. The minimum absolute atomic E-state index is 0.0133. The number of aromatic nitrogens is 1. The zero-order valence-electron chi connectivity index (χ0n) is 16.6. The molecule has 0 radical (unpaired) electrons. The molecule has 3 aromatic rings. The molecule has 1 atom stereocenters. The summed E-state index contributed by atoms with van der Waals surface area (Å²) in [5, 5.41) is 15.6. The molecule has 2 amide bonds. The summed E-state index contributed by atoms with van der Waals surface area (Å²) in [6.07, 6.45) is -0.114. The first-order chi connectivity index (χ1) is 14.6. The van der Waals surface area contributed by atoms with E-state index in [1.54, 1.807) is 4.90 Å². The number of carbonyl (C=O) groups excluding carboxylic acids is 2. The number of rotatable bonds is 6. The molecule has 3 heterocycles. The maximum Gasteiger partial charge on any atom is 0.261 e. The second-order valence-corrected chi connectivity index (χ2v) is 9.17. The number of thiazole rings is 1. The average molecular weight is 446 g/mol. The van der Waals surface area contributed by atoms with Crippen LogP contribution in [0, 0.1) is 6.92 Å². The second-order valence-electron chi connectivity index (χ2n) is 7.05. The monoisotopic (exact) mass is 445 g/mol. The van der Waals surface area contributed by atoms with Gasteiger partial charge in [0.1, 0.15) is 6.10 Å². The molecule has 0 saturated carbocycles. The number of hydrogen-bond donors (Lipinski definition) is 2. The summed E-state index contributed by atoms with van der Waals surface area (Å²) in [5.41, 5.74) is 1.60. The summed E-state index contributed by atoms with van der Waals surface area (Å²) < 4.78 is 7.02. The number of aliphatic hydroxyl groups excluding tert-OH is 1. The minimum atomic E-state index is -0.383. The number of nitrogens with one attached hydrogen (secondary N) is 1. The van der Waals surface area contributed by atoms with Gasteiger partial charge in [-0.1, -0.05) is 18.2 Å². The van der Waals surface area contributed by atoms with Gasteiger partial charge in [-0.25, -0.2) is 4.98 Å². The predicted molar refractivity (Wildman–Crippen MR) is 117 cm³/mol. The molecule has 0 bridgehead atoms. The Bertz CT molecular complexity index is 1060. The summed E-state index contributed by atoms with van der Waals surface area (Å²) in [6, 6.07) is 7.82. The topological polar surface area (TPSA) is 91.8 Å². The van der Waals surface area contributed by atoms with E-state index in [0.29, 0.717) is 24.6 Å². The number of aliphatic hydroxyl groups is 1. The van der Waals surface area contributed by atoms with Crippen molar-refractivity contribution in [2.75, 3.05) is 32.8 Å². The number of aryl methyl sites for hydroxylation is 1. The van der Waals surface area contributed by atoms with Crippen molar-refractivity contribution >= 4 is 44.6 Å². The molecule has 9 heteroatoms. The fourth-order valence-corrected chi connectivity index (χ4v) is 5.39. The van der Waals surface area contributed by atoms with Crippen molar-refractivity contribution in [3.05, 3.63) is 50.8 Å². The third-order valence-corrected chi connectivity index (χ3v) is 6.99. The van der Waals surface area contributed by atoms with Gasteiger partial charge in [0.15, 0.2) is 0 Å². The number of ether oxygens (including phenoxy) is 1. The van der Waals surface area contributed by atoms with Gasteiger partial charge >= 0.3 is 0 Å². The van der Waals surface area contributed by atoms with Gasteiger partial charge in [-0.05, 0) is 18.4 Å². The van der Waals surface area contributed by atoms with Crippen LogP contribution < -0.4 is 5.32 Å². The third kappa shape index (κ3) is 4.39. The molecule has 1 unspecified atom stereocenters. The van der Waals surface area contributed by atoms with Gasteiger partial charge in [0.05, 0.1) is 41.8 Å². The molecule has 7 nitrogen and oxygen atoms in total. The third-order valence-electron chi connectivity index (χ3n) is 4.98. The standard InChI is InChI=1S/C21H23N3O4S2/c1-13-23-14(12-29-13)10-18(26)24-7-9-28-16(11-24)19-15-4-2-3-5-17(15)30-20(19)21(27)22-6-8-25/h2-5,12,16,25H,6-11H2,1H3,(H,22,27). The van der Waals surface area contributed by atoms with Crippen molar-refractivity contribution in [1.29, 1.82) is 0 Å².